The standard InChI is InChI=1S/C28H35N7OS/c1-6-33(7-2)19(3)15-29-27(36)20-13-23(31-25(14-20)34-17-28(4,5)18-34)21-16-30-35-11-10-22(32-26(21)35)24-9-8-12-37-24/h8-14,16,19H,6-7,15,17-18H2,1-5H3,(H,29,36)/t19-/m0/s1. The van der Waals surface area contributed by atoms with Gasteiger partial charge in [-0.3, -0.25) is 9.69 Å². The van der Waals surface area contributed by atoms with E-state index in [0.29, 0.717) is 17.8 Å². The molecule has 0 aromatic carbocycles. The van der Waals surface area contributed by atoms with E-state index in [0.717, 1.165) is 53.8 Å². The van der Waals surface area contributed by atoms with E-state index in [1.165, 1.54) is 0 Å². The van der Waals surface area contributed by atoms with Gasteiger partial charge in [-0.05, 0) is 55.1 Å². The molecule has 194 valence electrons. The molecule has 1 saturated heterocycles. The molecule has 0 radical (unpaired) electrons. The molecule has 9 heteroatoms. The predicted molar refractivity (Wildman–Crippen MR) is 150 cm³/mol. The number of hydrogen-bond donors (Lipinski definition) is 1. The lowest BCUT2D eigenvalue weighted by molar-refractivity contribution is 0.0938. The molecule has 0 aliphatic carbocycles. The Morgan fingerprint density at radius 2 is 1.95 bits per heavy atom. The SMILES string of the molecule is CCN(CC)[C@@H](C)CNC(=O)c1cc(-c2cnn3ccc(-c4cccs4)nc23)nc(N2CC(C)(C)C2)c1. The van der Waals surface area contributed by atoms with Crippen molar-refractivity contribution in [3.8, 4) is 21.8 Å². The third-order valence-corrected chi connectivity index (χ3v) is 7.94. The molecule has 1 amide bonds. The fraction of sp³-hybridized carbons (Fsp3) is 0.429. The molecule has 5 heterocycles. The van der Waals surface area contributed by atoms with Gasteiger partial charge in [-0.1, -0.05) is 33.8 Å². The Labute approximate surface area is 222 Å². The van der Waals surface area contributed by atoms with Crippen LogP contribution in [0, 0.1) is 5.41 Å². The second-order valence-electron chi connectivity index (χ2n) is 10.5. The highest BCUT2D eigenvalue weighted by Crippen LogP contribution is 2.35. The van der Waals surface area contributed by atoms with Gasteiger partial charge in [-0.15, -0.1) is 11.3 Å². The fourth-order valence-electron chi connectivity index (χ4n) is 5.03. The third kappa shape index (κ3) is 5.24. The smallest absolute Gasteiger partial charge is 0.251 e. The van der Waals surface area contributed by atoms with Crippen LogP contribution < -0.4 is 10.2 Å². The molecule has 4 aromatic rings. The van der Waals surface area contributed by atoms with Gasteiger partial charge in [0.1, 0.15) is 5.82 Å². The first kappa shape index (κ1) is 25.4. The maximum atomic E-state index is 13.3. The highest BCUT2D eigenvalue weighted by atomic mass is 32.1. The van der Waals surface area contributed by atoms with Gasteiger partial charge in [0, 0.05) is 37.4 Å². The number of nitrogens with one attached hydrogen (secondary N) is 1. The maximum absolute atomic E-state index is 13.3. The molecule has 0 saturated carbocycles. The van der Waals surface area contributed by atoms with Gasteiger partial charge >= 0.3 is 0 Å². The molecule has 1 atom stereocenters. The predicted octanol–water partition coefficient (Wildman–Crippen LogP) is 4.83. The number of pyridine rings is 1. The van der Waals surface area contributed by atoms with Crippen molar-refractivity contribution in [2.45, 2.75) is 40.7 Å². The Morgan fingerprint density at radius 3 is 2.62 bits per heavy atom. The fourth-order valence-corrected chi connectivity index (χ4v) is 5.72. The molecule has 37 heavy (non-hydrogen) atoms. The number of hydrogen-bond acceptors (Lipinski definition) is 7. The van der Waals surface area contributed by atoms with Crippen LogP contribution in [0.25, 0.3) is 27.5 Å². The first-order valence-electron chi connectivity index (χ1n) is 13.0. The molecule has 1 aliphatic rings. The van der Waals surface area contributed by atoms with E-state index in [1.54, 1.807) is 22.0 Å². The van der Waals surface area contributed by atoms with Crippen LogP contribution in [0.2, 0.25) is 0 Å². The van der Waals surface area contributed by atoms with Gasteiger partial charge in [0.15, 0.2) is 5.65 Å². The second kappa shape index (κ2) is 10.2. The van der Waals surface area contributed by atoms with Gasteiger partial charge in [0.05, 0.1) is 28.0 Å². The number of likely N-dealkylation sites (N-methyl/N-ethyl adjacent to an activating group) is 1. The Balaban J connectivity index is 1.50. The van der Waals surface area contributed by atoms with Crippen molar-refractivity contribution in [3.05, 3.63) is 53.7 Å². The van der Waals surface area contributed by atoms with Crippen molar-refractivity contribution in [2.75, 3.05) is 37.6 Å². The van der Waals surface area contributed by atoms with Crippen molar-refractivity contribution in [2.24, 2.45) is 5.41 Å². The Bertz CT molecular complexity index is 1380. The normalized spacial score (nSPS) is 15.7. The molecule has 5 rings (SSSR count). The Hall–Kier alpha value is -3.30. The molecular formula is C28H35N7OS. The summed E-state index contributed by atoms with van der Waals surface area (Å²) < 4.78 is 1.76. The highest BCUT2D eigenvalue weighted by molar-refractivity contribution is 7.13. The molecular weight excluding hydrogens is 482 g/mol. The summed E-state index contributed by atoms with van der Waals surface area (Å²) in [5.41, 5.74) is 3.97. The zero-order chi connectivity index (χ0) is 26.2. The average molecular weight is 518 g/mol. The van der Waals surface area contributed by atoms with Crippen LogP contribution >= 0.6 is 11.3 Å². The van der Waals surface area contributed by atoms with Gasteiger partial charge in [0.2, 0.25) is 0 Å². The van der Waals surface area contributed by atoms with Crippen LogP contribution in [0.3, 0.4) is 0 Å². The lowest BCUT2D eigenvalue weighted by Gasteiger charge is -2.46. The lowest BCUT2D eigenvalue weighted by atomic mass is 9.84. The van der Waals surface area contributed by atoms with E-state index in [1.807, 2.05) is 35.8 Å². The number of anilines is 1. The molecule has 0 bridgehead atoms. The van der Waals surface area contributed by atoms with Gasteiger partial charge in [-0.25, -0.2) is 14.5 Å². The summed E-state index contributed by atoms with van der Waals surface area (Å²) in [4.78, 5) is 28.9. The number of rotatable bonds is 9. The number of nitrogens with zero attached hydrogens (tertiary/aromatic N) is 6. The summed E-state index contributed by atoms with van der Waals surface area (Å²) in [6.45, 7) is 15.2. The van der Waals surface area contributed by atoms with E-state index in [9.17, 15) is 4.79 Å². The summed E-state index contributed by atoms with van der Waals surface area (Å²) in [5.74, 6) is 0.722. The van der Waals surface area contributed by atoms with E-state index in [-0.39, 0.29) is 17.4 Å². The van der Waals surface area contributed by atoms with Crippen LogP contribution in [0.4, 0.5) is 5.82 Å². The van der Waals surface area contributed by atoms with Crippen LogP contribution in [0.15, 0.2) is 48.1 Å². The van der Waals surface area contributed by atoms with Gasteiger partial charge in [0.25, 0.3) is 5.91 Å². The molecule has 4 aromatic heterocycles. The maximum Gasteiger partial charge on any atom is 0.251 e. The van der Waals surface area contributed by atoms with E-state index < -0.39 is 0 Å². The molecule has 0 spiro atoms. The van der Waals surface area contributed by atoms with Crippen molar-refractivity contribution >= 4 is 28.7 Å². The first-order chi connectivity index (χ1) is 17.8. The van der Waals surface area contributed by atoms with Crippen molar-refractivity contribution in [3.63, 3.8) is 0 Å². The first-order valence-corrected chi connectivity index (χ1v) is 13.8. The largest absolute Gasteiger partial charge is 0.355 e. The quantitative estimate of drug-likeness (QED) is 0.343. The number of fused-ring (bicyclic) bond motifs is 1. The Morgan fingerprint density at radius 1 is 1.16 bits per heavy atom. The van der Waals surface area contributed by atoms with Gasteiger partial charge in [-0.2, -0.15) is 5.10 Å². The number of amides is 1. The topological polar surface area (TPSA) is 78.7 Å². The summed E-state index contributed by atoms with van der Waals surface area (Å²) in [6, 6.07) is 10.1. The van der Waals surface area contributed by atoms with Crippen LogP contribution in [-0.2, 0) is 0 Å². The van der Waals surface area contributed by atoms with Crippen LogP contribution in [0.5, 0.6) is 0 Å². The van der Waals surface area contributed by atoms with E-state index in [4.69, 9.17) is 9.97 Å². The zero-order valence-corrected chi connectivity index (χ0v) is 23.0. The summed E-state index contributed by atoms with van der Waals surface area (Å²) in [5, 5.41) is 9.71. The molecule has 1 N–H and O–H groups in total. The van der Waals surface area contributed by atoms with Crippen molar-refractivity contribution < 1.29 is 4.79 Å². The molecule has 1 fully saturated rings. The zero-order valence-electron chi connectivity index (χ0n) is 22.2. The van der Waals surface area contributed by atoms with Crippen molar-refractivity contribution in [1.29, 1.82) is 0 Å². The summed E-state index contributed by atoms with van der Waals surface area (Å²) in [6.07, 6.45) is 3.71. The van der Waals surface area contributed by atoms with Crippen LogP contribution in [-0.4, -0.2) is 69.2 Å². The minimum Gasteiger partial charge on any atom is -0.355 e. The average Bonchev–Trinajstić information content (AvgIpc) is 3.56. The second-order valence-corrected chi connectivity index (χ2v) is 11.5. The van der Waals surface area contributed by atoms with Gasteiger partial charge < -0.3 is 10.2 Å². The monoisotopic (exact) mass is 517 g/mol. The third-order valence-electron chi connectivity index (χ3n) is 7.05. The molecule has 8 nitrogen and oxygen atoms in total. The molecule has 0 unspecified atom stereocenters. The minimum atomic E-state index is -0.0904. The van der Waals surface area contributed by atoms with Crippen LogP contribution in [0.1, 0.15) is 45.0 Å². The van der Waals surface area contributed by atoms with E-state index in [2.05, 4.69) is 60.9 Å². The number of carbonyl (C=O) groups is 1. The number of carbonyl (C=O) groups excluding carboxylic acids is 1. The summed E-state index contributed by atoms with van der Waals surface area (Å²) in [7, 11) is 0. The number of thiophene rings is 1. The highest BCUT2D eigenvalue weighted by Gasteiger charge is 2.35. The Kier molecular flexibility index (Phi) is 7.00. The van der Waals surface area contributed by atoms with E-state index >= 15 is 0 Å². The lowest BCUT2D eigenvalue weighted by Crippen LogP contribution is -2.53. The number of aromatic nitrogens is 4. The minimum absolute atomic E-state index is 0.0904. The molecule has 1 aliphatic heterocycles. The summed E-state index contributed by atoms with van der Waals surface area (Å²) >= 11 is 1.65. The van der Waals surface area contributed by atoms with Crippen molar-refractivity contribution in [1.82, 2.24) is 29.8 Å².